The largest absolute Gasteiger partial charge is 0.508 e. The molecule has 1 saturated carbocycles. The van der Waals surface area contributed by atoms with E-state index < -0.39 is 0 Å². The number of nitrogens with one attached hydrogen (secondary N) is 1. The second-order valence-electron chi connectivity index (χ2n) is 9.65. The first kappa shape index (κ1) is 22.5. The first-order valence-electron chi connectivity index (χ1n) is 12.0. The van der Waals surface area contributed by atoms with Gasteiger partial charge in [0, 0.05) is 43.6 Å². The van der Waals surface area contributed by atoms with Crippen LogP contribution in [0.5, 0.6) is 5.75 Å². The van der Waals surface area contributed by atoms with E-state index in [1.165, 1.54) is 0 Å². The molecule has 5 rings (SSSR count). The fourth-order valence-electron chi connectivity index (χ4n) is 5.35. The van der Waals surface area contributed by atoms with Crippen LogP contribution in [0.15, 0.2) is 30.6 Å². The summed E-state index contributed by atoms with van der Waals surface area (Å²) >= 11 is 0. The number of phenols is 1. The second kappa shape index (κ2) is 9.18. The fourth-order valence-corrected chi connectivity index (χ4v) is 5.35. The van der Waals surface area contributed by atoms with Gasteiger partial charge < -0.3 is 20.1 Å². The lowest BCUT2D eigenvalue weighted by molar-refractivity contribution is 0.0902. The highest BCUT2D eigenvalue weighted by atomic mass is 16.3. The Bertz CT molecular complexity index is 1220. The molecule has 1 aromatic carbocycles. The van der Waals surface area contributed by atoms with Crippen LogP contribution >= 0.6 is 0 Å². The van der Waals surface area contributed by atoms with Gasteiger partial charge >= 0.3 is 0 Å². The van der Waals surface area contributed by atoms with Crippen LogP contribution in [0.2, 0.25) is 0 Å². The van der Waals surface area contributed by atoms with Gasteiger partial charge in [-0.05, 0) is 68.6 Å². The number of aryl methyl sites for hydroxylation is 1. The van der Waals surface area contributed by atoms with Gasteiger partial charge in [-0.1, -0.05) is 12.1 Å². The SMILES string of the molecule is Cc1c(N[C@@H]2CC[C@H](CO)C2)nc(-c2nccn2C)nc1C(=O)C1CCc2c(O)cccc2C1. The lowest BCUT2D eigenvalue weighted by atomic mass is 9.80. The molecule has 0 bridgehead atoms. The number of hydrogen-bond acceptors (Lipinski definition) is 7. The molecule has 2 aromatic heterocycles. The van der Waals surface area contributed by atoms with Crippen molar-refractivity contribution < 1.29 is 15.0 Å². The lowest BCUT2D eigenvalue weighted by Crippen LogP contribution is -2.26. The Morgan fingerprint density at radius 2 is 2.09 bits per heavy atom. The van der Waals surface area contributed by atoms with Crippen molar-refractivity contribution in [1.82, 2.24) is 19.5 Å². The third-order valence-corrected chi connectivity index (χ3v) is 7.37. The van der Waals surface area contributed by atoms with Gasteiger partial charge in [0.25, 0.3) is 0 Å². The zero-order valence-electron chi connectivity index (χ0n) is 19.7. The lowest BCUT2D eigenvalue weighted by Gasteiger charge is -2.25. The Balaban J connectivity index is 1.49. The Labute approximate surface area is 199 Å². The standard InChI is InChI=1S/C26H31N5O3/c1-15-22(23(34)18-7-9-20-17(13-18)4-3-5-21(20)33)29-25(26-27-10-11-31(26)2)30-24(15)28-19-8-6-16(12-19)14-32/h3-5,10-11,16,18-19,32-33H,6-9,12-14H2,1-2H3,(H,28,29,30)/t16-,18?,19+/m0/s1. The summed E-state index contributed by atoms with van der Waals surface area (Å²) in [5.74, 6) is 2.11. The molecule has 3 N–H and O–H groups in total. The maximum Gasteiger partial charge on any atom is 0.198 e. The van der Waals surface area contributed by atoms with E-state index in [0.29, 0.717) is 54.1 Å². The average molecular weight is 462 g/mol. The number of nitrogens with zero attached hydrogens (tertiary/aromatic N) is 4. The van der Waals surface area contributed by atoms with Gasteiger partial charge in [-0.15, -0.1) is 0 Å². The molecule has 0 spiro atoms. The molecule has 34 heavy (non-hydrogen) atoms. The number of aromatic nitrogens is 4. The number of imidazole rings is 1. The summed E-state index contributed by atoms with van der Waals surface area (Å²) in [6.07, 6.45) is 8.28. The number of ketones is 1. The van der Waals surface area contributed by atoms with Gasteiger partial charge in [-0.3, -0.25) is 4.79 Å². The van der Waals surface area contributed by atoms with E-state index in [1.807, 2.05) is 36.9 Å². The number of aromatic hydroxyl groups is 1. The third-order valence-electron chi connectivity index (χ3n) is 7.37. The monoisotopic (exact) mass is 461 g/mol. The summed E-state index contributed by atoms with van der Waals surface area (Å²) in [5, 5.41) is 23.2. The molecule has 8 heteroatoms. The number of aliphatic hydroxyl groups excluding tert-OH is 1. The van der Waals surface area contributed by atoms with E-state index in [9.17, 15) is 15.0 Å². The molecule has 0 amide bonds. The molecular weight excluding hydrogens is 430 g/mol. The number of anilines is 1. The maximum absolute atomic E-state index is 13.8. The van der Waals surface area contributed by atoms with Gasteiger partial charge in [-0.2, -0.15) is 0 Å². The summed E-state index contributed by atoms with van der Waals surface area (Å²) in [4.78, 5) is 27.7. The van der Waals surface area contributed by atoms with Crippen LogP contribution in [0.3, 0.4) is 0 Å². The summed E-state index contributed by atoms with van der Waals surface area (Å²) in [7, 11) is 1.88. The Morgan fingerprint density at radius 3 is 2.82 bits per heavy atom. The minimum Gasteiger partial charge on any atom is -0.508 e. The number of rotatable bonds is 6. The first-order valence-corrected chi connectivity index (χ1v) is 12.0. The highest BCUT2D eigenvalue weighted by Gasteiger charge is 2.31. The van der Waals surface area contributed by atoms with E-state index in [4.69, 9.17) is 9.97 Å². The quantitative estimate of drug-likeness (QED) is 0.482. The Morgan fingerprint density at radius 1 is 1.24 bits per heavy atom. The normalized spacial score (nSPS) is 21.9. The van der Waals surface area contributed by atoms with Crippen LogP contribution in [0.4, 0.5) is 5.82 Å². The van der Waals surface area contributed by atoms with Crippen molar-refractivity contribution in [1.29, 1.82) is 0 Å². The molecule has 1 unspecified atom stereocenters. The number of aliphatic hydroxyl groups is 1. The van der Waals surface area contributed by atoms with Crippen molar-refractivity contribution in [3.05, 3.63) is 53.0 Å². The molecule has 0 aliphatic heterocycles. The molecule has 178 valence electrons. The number of carbonyl (C=O) groups excluding carboxylic acids is 1. The van der Waals surface area contributed by atoms with E-state index in [0.717, 1.165) is 36.0 Å². The van der Waals surface area contributed by atoms with Crippen molar-refractivity contribution >= 4 is 11.6 Å². The average Bonchev–Trinajstić information content (AvgIpc) is 3.48. The van der Waals surface area contributed by atoms with E-state index in [2.05, 4.69) is 10.3 Å². The van der Waals surface area contributed by atoms with Crippen molar-refractivity contribution in [3.63, 3.8) is 0 Å². The molecule has 2 heterocycles. The predicted octanol–water partition coefficient (Wildman–Crippen LogP) is 3.45. The van der Waals surface area contributed by atoms with Gasteiger partial charge in [0.2, 0.25) is 0 Å². The predicted molar refractivity (Wildman–Crippen MR) is 129 cm³/mol. The molecule has 0 saturated heterocycles. The van der Waals surface area contributed by atoms with Crippen LogP contribution in [0.25, 0.3) is 11.6 Å². The van der Waals surface area contributed by atoms with E-state index in [-0.39, 0.29) is 24.3 Å². The minimum absolute atomic E-state index is 0.00654. The molecule has 1 fully saturated rings. The number of hydrogen-bond donors (Lipinski definition) is 3. The smallest absolute Gasteiger partial charge is 0.198 e. The van der Waals surface area contributed by atoms with Gasteiger partial charge in [0.1, 0.15) is 17.3 Å². The number of benzene rings is 1. The van der Waals surface area contributed by atoms with Crippen LogP contribution in [-0.4, -0.2) is 48.2 Å². The van der Waals surface area contributed by atoms with Crippen molar-refractivity contribution in [2.75, 3.05) is 11.9 Å². The Hall–Kier alpha value is -3.26. The van der Waals surface area contributed by atoms with Crippen LogP contribution in [-0.2, 0) is 19.9 Å². The number of carbonyl (C=O) groups is 1. The van der Waals surface area contributed by atoms with Crippen molar-refractivity contribution in [2.24, 2.45) is 18.9 Å². The van der Waals surface area contributed by atoms with E-state index >= 15 is 0 Å². The van der Waals surface area contributed by atoms with Crippen LogP contribution in [0.1, 0.15) is 52.9 Å². The van der Waals surface area contributed by atoms with Crippen LogP contribution < -0.4 is 5.32 Å². The minimum atomic E-state index is -0.199. The first-order chi connectivity index (χ1) is 16.4. The molecule has 2 aliphatic rings. The topological polar surface area (TPSA) is 113 Å². The summed E-state index contributed by atoms with van der Waals surface area (Å²) in [6.45, 7) is 2.10. The van der Waals surface area contributed by atoms with Crippen molar-refractivity contribution in [3.8, 4) is 17.4 Å². The number of phenolic OH excluding ortho intramolecular Hbond substituents is 1. The highest BCUT2D eigenvalue weighted by molar-refractivity contribution is 5.99. The zero-order chi connectivity index (χ0) is 23.8. The third kappa shape index (κ3) is 4.18. The molecular formula is C26H31N5O3. The highest BCUT2D eigenvalue weighted by Crippen LogP contribution is 2.35. The molecule has 0 radical (unpaired) electrons. The fraction of sp³-hybridized carbons (Fsp3) is 0.462. The number of fused-ring (bicyclic) bond motifs is 1. The van der Waals surface area contributed by atoms with Gasteiger partial charge in [0.05, 0.1) is 0 Å². The maximum atomic E-state index is 13.8. The molecule has 3 atom stereocenters. The Kier molecular flexibility index (Phi) is 6.08. The molecule has 3 aromatic rings. The molecule has 8 nitrogen and oxygen atoms in total. The summed E-state index contributed by atoms with van der Waals surface area (Å²) in [6, 6.07) is 5.73. The summed E-state index contributed by atoms with van der Waals surface area (Å²) < 4.78 is 1.85. The van der Waals surface area contributed by atoms with Gasteiger partial charge in [0.15, 0.2) is 17.4 Å². The molecule has 2 aliphatic carbocycles. The van der Waals surface area contributed by atoms with Crippen LogP contribution in [0, 0.1) is 18.8 Å². The van der Waals surface area contributed by atoms with Crippen molar-refractivity contribution in [2.45, 2.75) is 51.5 Å². The van der Waals surface area contributed by atoms with Gasteiger partial charge in [-0.25, -0.2) is 15.0 Å². The van der Waals surface area contributed by atoms with E-state index in [1.54, 1.807) is 12.3 Å². The zero-order valence-corrected chi connectivity index (χ0v) is 19.7. The summed E-state index contributed by atoms with van der Waals surface area (Å²) in [5.41, 5.74) is 3.15. The second-order valence-corrected chi connectivity index (χ2v) is 9.65. The number of Topliss-reactive ketones (excluding diaryl/α,β-unsaturated/α-hetero) is 1.